The Hall–Kier alpha value is -1.29. The fourth-order valence-electron chi connectivity index (χ4n) is 2.19. The molecule has 1 N–H and O–H groups in total. The van der Waals surface area contributed by atoms with Crippen LogP contribution in [0, 0.1) is 0 Å². The van der Waals surface area contributed by atoms with Crippen molar-refractivity contribution in [3.8, 4) is 0 Å². The van der Waals surface area contributed by atoms with Gasteiger partial charge in [-0.1, -0.05) is 45.0 Å². The van der Waals surface area contributed by atoms with Crippen molar-refractivity contribution >= 4 is 11.8 Å². The molecular formula is C16H23N3S. The van der Waals surface area contributed by atoms with Gasteiger partial charge in [0.15, 0.2) is 0 Å². The molecule has 1 aromatic heterocycles. The Morgan fingerprint density at radius 1 is 1.15 bits per heavy atom. The van der Waals surface area contributed by atoms with Crippen molar-refractivity contribution in [1.82, 2.24) is 15.2 Å². The minimum absolute atomic E-state index is 0.220. The summed E-state index contributed by atoms with van der Waals surface area (Å²) < 4.78 is 0. The highest BCUT2D eigenvalue weighted by Gasteiger charge is 2.14. The van der Waals surface area contributed by atoms with Crippen LogP contribution in [0.3, 0.4) is 0 Å². The summed E-state index contributed by atoms with van der Waals surface area (Å²) in [4.78, 5) is 4.21. The molecule has 108 valence electrons. The molecule has 0 saturated heterocycles. The van der Waals surface area contributed by atoms with E-state index in [1.54, 1.807) is 6.33 Å². The highest BCUT2D eigenvalue weighted by atomic mass is 32.2. The summed E-state index contributed by atoms with van der Waals surface area (Å²) >= 11 is 1.88. The van der Waals surface area contributed by atoms with Crippen LogP contribution in [0.25, 0.3) is 0 Å². The van der Waals surface area contributed by atoms with Gasteiger partial charge in [-0.25, -0.2) is 4.98 Å². The van der Waals surface area contributed by atoms with Crippen LogP contribution in [-0.4, -0.2) is 26.7 Å². The number of nitrogens with zero attached hydrogens (tertiary/aromatic N) is 2. The van der Waals surface area contributed by atoms with E-state index in [-0.39, 0.29) is 5.41 Å². The maximum Gasteiger partial charge on any atom is 0.137 e. The van der Waals surface area contributed by atoms with E-state index < -0.39 is 0 Å². The minimum atomic E-state index is 0.220. The third-order valence-corrected chi connectivity index (χ3v) is 4.50. The lowest BCUT2D eigenvalue weighted by Crippen LogP contribution is -2.13. The van der Waals surface area contributed by atoms with Gasteiger partial charge in [0.05, 0.1) is 0 Å². The summed E-state index contributed by atoms with van der Waals surface area (Å²) in [6, 6.07) is 9.01. The number of hydrogen-bond donors (Lipinski definition) is 1. The monoisotopic (exact) mass is 289 g/mol. The van der Waals surface area contributed by atoms with Gasteiger partial charge in [-0.3, -0.25) is 5.10 Å². The highest BCUT2D eigenvalue weighted by Crippen LogP contribution is 2.24. The molecule has 0 amide bonds. The number of thioether (sulfide) groups is 1. The molecule has 1 atom stereocenters. The maximum absolute atomic E-state index is 4.21. The molecule has 0 radical (unpaired) electrons. The smallest absolute Gasteiger partial charge is 0.137 e. The van der Waals surface area contributed by atoms with Crippen LogP contribution in [-0.2, 0) is 18.3 Å². The second-order valence-corrected chi connectivity index (χ2v) is 7.28. The third kappa shape index (κ3) is 4.10. The summed E-state index contributed by atoms with van der Waals surface area (Å²) in [6.45, 7) is 6.74. The van der Waals surface area contributed by atoms with Gasteiger partial charge in [-0.2, -0.15) is 16.9 Å². The van der Waals surface area contributed by atoms with Gasteiger partial charge in [-0.15, -0.1) is 0 Å². The van der Waals surface area contributed by atoms with Crippen molar-refractivity contribution in [2.24, 2.45) is 0 Å². The zero-order chi connectivity index (χ0) is 14.6. The van der Waals surface area contributed by atoms with Gasteiger partial charge in [-0.05, 0) is 29.2 Å². The summed E-state index contributed by atoms with van der Waals surface area (Å²) in [6.07, 6.45) is 5.73. The van der Waals surface area contributed by atoms with E-state index in [9.17, 15) is 0 Å². The number of hydrogen-bond acceptors (Lipinski definition) is 3. The second kappa shape index (κ2) is 6.44. The Labute approximate surface area is 125 Å². The lowest BCUT2D eigenvalue weighted by Gasteiger charge is -2.20. The average Bonchev–Trinajstić information content (AvgIpc) is 2.90. The van der Waals surface area contributed by atoms with E-state index in [0.717, 1.165) is 18.7 Å². The van der Waals surface area contributed by atoms with Crippen LogP contribution in [0.4, 0.5) is 0 Å². The fraction of sp³-hybridized carbons (Fsp3) is 0.500. The molecule has 2 rings (SSSR count). The van der Waals surface area contributed by atoms with Crippen molar-refractivity contribution in [3.63, 3.8) is 0 Å². The zero-order valence-electron chi connectivity index (χ0n) is 12.7. The molecule has 0 fully saturated rings. The molecule has 2 aromatic rings. The Morgan fingerprint density at radius 2 is 1.85 bits per heavy atom. The van der Waals surface area contributed by atoms with Crippen LogP contribution in [0.15, 0.2) is 30.6 Å². The number of benzene rings is 1. The quantitative estimate of drug-likeness (QED) is 0.914. The molecule has 0 spiro atoms. The van der Waals surface area contributed by atoms with Crippen LogP contribution < -0.4 is 0 Å². The molecule has 4 heteroatoms. The van der Waals surface area contributed by atoms with Gasteiger partial charge in [0, 0.05) is 11.7 Å². The Kier molecular flexibility index (Phi) is 4.86. The first-order chi connectivity index (χ1) is 9.49. The van der Waals surface area contributed by atoms with E-state index in [2.05, 4.69) is 66.5 Å². The SMILES string of the molecule is CSC(Cc1ccc(C(C)(C)C)cc1)Cc1ncn[nH]1. The molecule has 1 aromatic carbocycles. The molecule has 1 heterocycles. The van der Waals surface area contributed by atoms with Crippen LogP contribution in [0.5, 0.6) is 0 Å². The normalized spacial score (nSPS) is 13.4. The van der Waals surface area contributed by atoms with Crippen molar-refractivity contribution in [3.05, 3.63) is 47.5 Å². The molecule has 0 aliphatic rings. The Bertz CT molecular complexity index is 512. The first kappa shape index (κ1) is 15.1. The number of rotatable bonds is 5. The molecule has 20 heavy (non-hydrogen) atoms. The van der Waals surface area contributed by atoms with Gasteiger partial charge >= 0.3 is 0 Å². The molecule has 0 bridgehead atoms. The minimum Gasteiger partial charge on any atom is -0.263 e. The van der Waals surface area contributed by atoms with Gasteiger partial charge in [0.1, 0.15) is 12.2 Å². The van der Waals surface area contributed by atoms with Crippen LogP contribution >= 0.6 is 11.8 Å². The Balaban J connectivity index is 2.01. The molecular weight excluding hydrogens is 266 g/mol. The summed E-state index contributed by atoms with van der Waals surface area (Å²) in [5.74, 6) is 0.968. The summed E-state index contributed by atoms with van der Waals surface area (Å²) in [7, 11) is 0. The first-order valence-corrected chi connectivity index (χ1v) is 8.24. The highest BCUT2D eigenvalue weighted by molar-refractivity contribution is 7.99. The van der Waals surface area contributed by atoms with E-state index in [1.807, 2.05) is 11.8 Å². The first-order valence-electron chi connectivity index (χ1n) is 6.95. The van der Waals surface area contributed by atoms with E-state index in [1.165, 1.54) is 11.1 Å². The molecule has 0 aliphatic carbocycles. The molecule has 1 unspecified atom stereocenters. The predicted molar refractivity (Wildman–Crippen MR) is 86.2 cm³/mol. The fourth-order valence-corrected chi connectivity index (χ4v) is 2.87. The van der Waals surface area contributed by atoms with E-state index in [4.69, 9.17) is 0 Å². The molecule has 3 nitrogen and oxygen atoms in total. The summed E-state index contributed by atoms with van der Waals surface area (Å²) in [5.41, 5.74) is 2.99. The Morgan fingerprint density at radius 3 is 2.35 bits per heavy atom. The van der Waals surface area contributed by atoms with E-state index in [0.29, 0.717) is 5.25 Å². The summed E-state index contributed by atoms with van der Waals surface area (Å²) in [5, 5.41) is 7.38. The number of aromatic amines is 1. The lowest BCUT2D eigenvalue weighted by molar-refractivity contribution is 0.590. The van der Waals surface area contributed by atoms with Crippen LogP contribution in [0.2, 0.25) is 0 Å². The lowest BCUT2D eigenvalue weighted by atomic mass is 9.86. The van der Waals surface area contributed by atoms with E-state index >= 15 is 0 Å². The van der Waals surface area contributed by atoms with Gasteiger partial charge in [0.25, 0.3) is 0 Å². The topological polar surface area (TPSA) is 41.6 Å². The number of H-pyrrole nitrogens is 1. The predicted octanol–water partition coefficient (Wildman–Crippen LogP) is 3.62. The maximum atomic E-state index is 4.21. The zero-order valence-corrected chi connectivity index (χ0v) is 13.5. The van der Waals surface area contributed by atoms with Crippen molar-refractivity contribution in [1.29, 1.82) is 0 Å². The van der Waals surface area contributed by atoms with Crippen LogP contribution in [0.1, 0.15) is 37.7 Å². The average molecular weight is 289 g/mol. The third-order valence-electron chi connectivity index (χ3n) is 3.50. The standard InChI is InChI=1S/C16H23N3S/c1-16(2,3)13-7-5-12(6-8-13)9-14(20-4)10-15-17-11-18-19-15/h5-8,11,14H,9-10H2,1-4H3,(H,17,18,19). The van der Waals surface area contributed by atoms with Gasteiger partial charge in [0.2, 0.25) is 0 Å². The van der Waals surface area contributed by atoms with Crippen molar-refractivity contribution in [2.75, 3.05) is 6.26 Å². The second-order valence-electron chi connectivity index (χ2n) is 6.15. The van der Waals surface area contributed by atoms with Gasteiger partial charge < -0.3 is 0 Å². The van der Waals surface area contributed by atoms with Crippen molar-refractivity contribution < 1.29 is 0 Å². The molecule has 0 saturated carbocycles. The molecule has 0 aliphatic heterocycles. The number of aromatic nitrogens is 3. The number of nitrogens with one attached hydrogen (secondary N) is 1. The largest absolute Gasteiger partial charge is 0.263 e. The van der Waals surface area contributed by atoms with Crippen molar-refractivity contribution in [2.45, 2.75) is 44.3 Å².